The van der Waals surface area contributed by atoms with Gasteiger partial charge in [-0.15, -0.1) is 0 Å². The zero-order chi connectivity index (χ0) is 18.0. The Hall–Kier alpha value is -3.21. The molecular formula is C14H12BrN7O3. The van der Waals surface area contributed by atoms with Crippen molar-refractivity contribution >= 4 is 50.2 Å². The number of hydrogen-bond donors (Lipinski definition) is 5. The Bertz CT molecular complexity index is 978. The molecule has 128 valence electrons. The number of primary amides is 1. The summed E-state index contributed by atoms with van der Waals surface area (Å²) in [6.07, 6.45) is 2.89. The van der Waals surface area contributed by atoms with Crippen LogP contribution in [-0.4, -0.2) is 44.7 Å². The summed E-state index contributed by atoms with van der Waals surface area (Å²) >= 11 is 3.37. The van der Waals surface area contributed by atoms with Crippen molar-refractivity contribution in [2.24, 2.45) is 5.73 Å². The fourth-order valence-corrected chi connectivity index (χ4v) is 2.71. The molecular weight excluding hydrogens is 394 g/mol. The van der Waals surface area contributed by atoms with E-state index in [2.05, 4.69) is 47.0 Å². The van der Waals surface area contributed by atoms with E-state index in [0.29, 0.717) is 10.0 Å². The molecule has 1 aromatic carbocycles. The Balaban J connectivity index is 1.80. The molecule has 0 atom stereocenters. The standard InChI is InChI=1S/C14H12BrN7O3/c15-8-2-6(1-7-3-18-21-11(7)8)13(24)20-9-4-19-22-12(9)14(25)17-5-10(16)23/h1-4H,5H2,(H2,16,23)(H,17,25)(H,18,21)(H,19,22)(H,20,24). The normalized spacial score (nSPS) is 10.6. The molecule has 3 rings (SSSR count). The number of carbonyl (C=O) groups excluding carboxylic acids is 3. The highest BCUT2D eigenvalue weighted by atomic mass is 79.9. The highest BCUT2D eigenvalue weighted by Gasteiger charge is 2.18. The van der Waals surface area contributed by atoms with Gasteiger partial charge in [-0.05, 0) is 28.1 Å². The molecule has 0 aliphatic heterocycles. The summed E-state index contributed by atoms with van der Waals surface area (Å²) in [5.74, 6) is -1.73. The molecule has 0 saturated heterocycles. The quantitative estimate of drug-likeness (QED) is 0.417. The number of fused-ring (bicyclic) bond motifs is 1. The lowest BCUT2D eigenvalue weighted by Crippen LogP contribution is -2.34. The van der Waals surface area contributed by atoms with Crippen molar-refractivity contribution in [2.45, 2.75) is 0 Å². The molecule has 3 aromatic rings. The van der Waals surface area contributed by atoms with Crippen LogP contribution >= 0.6 is 15.9 Å². The van der Waals surface area contributed by atoms with Gasteiger partial charge in [0.2, 0.25) is 5.91 Å². The van der Waals surface area contributed by atoms with Gasteiger partial charge in [-0.1, -0.05) is 0 Å². The van der Waals surface area contributed by atoms with Gasteiger partial charge in [-0.3, -0.25) is 24.6 Å². The molecule has 3 amide bonds. The molecule has 0 fully saturated rings. The van der Waals surface area contributed by atoms with Crippen LogP contribution < -0.4 is 16.4 Å². The number of rotatable bonds is 5. The van der Waals surface area contributed by atoms with Crippen LogP contribution in [-0.2, 0) is 4.79 Å². The molecule has 25 heavy (non-hydrogen) atoms. The van der Waals surface area contributed by atoms with Crippen molar-refractivity contribution in [1.29, 1.82) is 0 Å². The summed E-state index contributed by atoms with van der Waals surface area (Å²) in [6, 6.07) is 3.29. The molecule has 0 spiro atoms. The molecule has 0 radical (unpaired) electrons. The van der Waals surface area contributed by atoms with E-state index in [9.17, 15) is 14.4 Å². The number of carbonyl (C=O) groups is 3. The predicted octanol–water partition coefficient (Wildman–Crippen LogP) is 0.516. The molecule has 2 aromatic heterocycles. The Morgan fingerprint density at radius 1 is 1.12 bits per heavy atom. The number of hydrogen-bond acceptors (Lipinski definition) is 5. The smallest absolute Gasteiger partial charge is 0.271 e. The predicted molar refractivity (Wildman–Crippen MR) is 91.9 cm³/mol. The first kappa shape index (κ1) is 16.6. The Morgan fingerprint density at radius 2 is 1.88 bits per heavy atom. The lowest BCUT2D eigenvalue weighted by molar-refractivity contribution is -0.117. The van der Waals surface area contributed by atoms with Gasteiger partial charge in [0.05, 0.1) is 30.1 Å². The molecule has 0 unspecified atom stereocenters. The second-order valence-corrected chi connectivity index (χ2v) is 5.91. The Morgan fingerprint density at radius 3 is 2.64 bits per heavy atom. The van der Waals surface area contributed by atoms with Crippen LogP contribution in [0.15, 0.2) is 29.0 Å². The molecule has 10 nitrogen and oxygen atoms in total. The molecule has 2 heterocycles. The largest absolute Gasteiger partial charge is 0.368 e. The monoisotopic (exact) mass is 405 g/mol. The van der Waals surface area contributed by atoms with Gasteiger partial charge in [0.15, 0.2) is 0 Å². The molecule has 11 heteroatoms. The van der Waals surface area contributed by atoms with Crippen LogP contribution in [0.2, 0.25) is 0 Å². The summed E-state index contributed by atoms with van der Waals surface area (Å²) in [5.41, 5.74) is 6.30. The first-order chi connectivity index (χ1) is 12.0. The van der Waals surface area contributed by atoms with Crippen LogP contribution in [0.1, 0.15) is 20.8 Å². The summed E-state index contributed by atoms with van der Waals surface area (Å²) in [6.45, 7) is -0.324. The van der Waals surface area contributed by atoms with Crippen molar-refractivity contribution in [3.8, 4) is 0 Å². The second kappa shape index (κ2) is 6.73. The fourth-order valence-electron chi connectivity index (χ4n) is 2.15. The van der Waals surface area contributed by atoms with Crippen molar-refractivity contribution in [1.82, 2.24) is 25.7 Å². The van der Waals surface area contributed by atoms with E-state index in [1.807, 2.05) is 0 Å². The van der Waals surface area contributed by atoms with E-state index in [-0.39, 0.29) is 17.9 Å². The van der Waals surface area contributed by atoms with Gasteiger partial charge >= 0.3 is 0 Å². The number of amides is 3. The van der Waals surface area contributed by atoms with Gasteiger partial charge in [0.25, 0.3) is 11.8 Å². The van der Waals surface area contributed by atoms with E-state index >= 15 is 0 Å². The second-order valence-electron chi connectivity index (χ2n) is 5.05. The van der Waals surface area contributed by atoms with E-state index < -0.39 is 17.7 Å². The highest BCUT2D eigenvalue weighted by Crippen LogP contribution is 2.24. The van der Waals surface area contributed by atoms with Gasteiger partial charge in [0, 0.05) is 15.4 Å². The molecule has 0 saturated carbocycles. The average Bonchev–Trinajstić information content (AvgIpc) is 3.21. The first-order valence-electron chi connectivity index (χ1n) is 6.99. The number of nitrogens with zero attached hydrogens (tertiary/aromatic N) is 2. The number of nitrogens with two attached hydrogens (primary N) is 1. The van der Waals surface area contributed by atoms with Crippen LogP contribution in [0.25, 0.3) is 10.9 Å². The lowest BCUT2D eigenvalue weighted by Gasteiger charge is -2.07. The minimum Gasteiger partial charge on any atom is -0.368 e. The number of aromatic amines is 2. The Kier molecular flexibility index (Phi) is 4.48. The summed E-state index contributed by atoms with van der Waals surface area (Å²) in [4.78, 5) is 35.2. The molecule has 0 aliphatic rings. The van der Waals surface area contributed by atoms with Crippen molar-refractivity contribution in [3.05, 3.63) is 40.3 Å². The highest BCUT2D eigenvalue weighted by molar-refractivity contribution is 9.10. The lowest BCUT2D eigenvalue weighted by atomic mass is 10.1. The number of anilines is 1. The summed E-state index contributed by atoms with van der Waals surface area (Å²) < 4.78 is 0.680. The van der Waals surface area contributed by atoms with Crippen molar-refractivity contribution in [3.63, 3.8) is 0 Å². The SMILES string of the molecule is NC(=O)CNC(=O)c1[nH]ncc1NC(=O)c1cc(Br)c2[nH]ncc2c1. The summed E-state index contributed by atoms with van der Waals surface area (Å²) in [5, 5.41) is 18.6. The van der Waals surface area contributed by atoms with Crippen molar-refractivity contribution < 1.29 is 14.4 Å². The van der Waals surface area contributed by atoms with Gasteiger partial charge in [-0.25, -0.2) is 0 Å². The molecule has 0 bridgehead atoms. The minimum absolute atomic E-state index is 0.0121. The topological polar surface area (TPSA) is 159 Å². The van der Waals surface area contributed by atoms with Crippen LogP contribution in [0.3, 0.4) is 0 Å². The van der Waals surface area contributed by atoms with E-state index in [1.165, 1.54) is 6.20 Å². The maximum absolute atomic E-state index is 12.5. The van der Waals surface area contributed by atoms with Crippen LogP contribution in [0, 0.1) is 0 Å². The third-order valence-electron chi connectivity index (χ3n) is 3.30. The number of halogens is 1. The zero-order valence-electron chi connectivity index (χ0n) is 12.6. The molecule has 0 aliphatic carbocycles. The number of aromatic nitrogens is 4. The minimum atomic E-state index is -0.684. The Labute approximate surface area is 148 Å². The maximum atomic E-state index is 12.5. The van der Waals surface area contributed by atoms with E-state index in [4.69, 9.17) is 5.73 Å². The number of nitrogens with one attached hydrogen (secondary N) is 4. The fraction of sp³-hybridized carbons (Fsp3) is 0.0714. The van der Waals surface area contributed by atoms with E-state index in [0.717, 1.165) is 10.9 Å². The van der Waals surface area contributed by atoms with Crippen LogP contribution in [0.5, 0.6) is 0 Å². The zero-order valence-corrected chi connectivity index (χ0v) is 14.2. The van der Waals surface area contributed by atoms with Crippen molar-refractivity contribution in [2.75, 3.05) is 11.9 Å². The third-order valence-corrected chi connectivity index (χ3v) is 3.93. The summed E-state index contributed by atoms with van der Waals surface area (Å²) in [7, 11) is 0. The molecule has 6 N–H and O–H groups in total. The van der Waals surface area contributed by atoms with E-state index in [1.54, 1.807) is 18.3 Å². The van der Waals surface area contributed by atoms with Gasteiger partial charge in [-0.2, -0.15) is 10.2 Å². The maximum Gasteiger partial charge on any atom is 0.271 e. The third kappa shape index (κ3) is 3.50. The first-order valence-corrected chi connectivity index (χ1v) is 7.79. The number of benzene rings is 1. The average molecular weight is 406 g/mol. The number of H-pyrrole nitrogens is 2. The van der Waals surface area contributed by atoms with Crippen LogP contribution in [0.4, 0.5) is 5.69 Å². The van der Waals surface area contributed by atoms with Gasteiger partial charge in [0.1, 0.15) is 5.69 Å². The van der Waals surface area contributed by atoms with Gasteiger partial charge < -0.3 is 16.4 Å².